The molecule has 0 radical (unpaired) electrons. The van der Waals surface area contributed by atoms with Gasteiger partial charge in [0.25, 0.3) is 11.5 Å². The van der Waals surface area contributed by atoms with Gasteiger partial charge in [-0.2, -0.15) is 0 Å². The largest absolute Gasteiger partial charge is 0.493 e. The van der Waals surface area contributed by atoms with E-state index in [2.05, 4.69) is 15.1 Å². The van der Waals surface area contributed by atoms with E-state index in [1.54, 1.807) is 10.6 Å². The number of fused-ring (bicyclic) bond motifs is 5. The first-order valence-electron chi connectivity index (χ1n) is 11.9. The number of hydrogen-bond acceptors (Lipinski definition) is 5. The van der Waals surface area contributed by atoms with Gasteiger partial charge in [-0.25, -0.2) is 4.39 Å². The van der Waals surface area contributed by atoms with E-state index in [1.165, 1.54) is 24.3 Å². The standard InChI is InChI=1S/C27H24FN5O3/c28-20-10-8-18(9-11-20)26(35)30-29-25-21-4-1-2-5-23(21)33(27(25)36)16-31-13-17-12-19(15-31)22-6-3-7-24(34)32(22)14-17/h1-11,17,19,36H,12-16H2/t17-,19+/m1/s1. The average molecular weight is 486 g/mol. The first kappa shape index (κ1) is 22.4. The second kappa shape index (κ2) is 8.83. The molecule has 2 aromatic heterocycles. The van der Waals surface area contributed by atoms with Crippen LogP contribution >= 0.6 is 0 Å². The van der Waals surface area contributed by atoms with Crippen LogP contribution in [0, 0.1) is 11.7 Å². The molecule has 36 heavy (non-hydrogen) atoms. The number of piperidine rings is 1. The number of carbonyl (C=O) groups is 1. The van der Waals surface area contributed by atoms with Gasteiger partial charge in [-0.1, -0.05) is 24.3 Å². The Labute approximate surface area is 205 Å². The fourth-order valence-electron chi connectivity index (χ4n) is 5.57. The van der Waals surface area contributed by atoms with Crippen molar-refractivity contribution in [3.63, 3.8) is 0 Å². The molecule has 1 amide bonds. The van der Waals surface area contributed by atoms with Gasteiger partial charge in [-0.15, -0.1) is 10.2 Å². The van der Waals surface area contributed by atoms with Crippen LogP contribution in [0.1, 0.15) is 28.4 Å². The summed E-state index contributed by atoms with van der Waals surface area (Å²) in [6.07, 6.45) is 1.04. The van der Waals surface area contributed by atoms with Crippen molar-refractivity contribution in [3.05, 3.63) is 94.2 Å². The minimum Gasteiger partial charge on any atom is -0.493 e. The summed E-state index contributed by atoms with van der Waals surface area (Å²) in [5, 5.41) is 19.7. The molecule has 6 rings (SSSR count). The van der Waals surface area contributed by atoms with E-state index >= 15 is 0 Å². The molecular weight excluding hydrogens is 461 g/mol. The van der Waals surface area contributed by atoms with Crippen molar-refractivity contribution >= 4 is 22.5 Å². The fraction of sp³-hybridized carbons (Fsp3) is 0.259. The first-order chi connectivity index (χ1) is 17.5. The van der Waals surface area contributed by atoms with Gasteiger partial charge in [-0.05, 0) is 48.7 Å². The van der Waals surface area contributed by atoms with Crippen molar-refractivity contribution in [2.45, 2.75) is 25.6 Å². The van der Waals surface area contributed by atoms with E-state index in [9.17, 15) is 19.1 Å². The lowest BCUT2D eigenvalue weighted by Gasteiger charge is -2.42. The van der Waals surface area contributed by atoms with Crippen LogP contribution in [0.25, 0.3) is 10.9 Å². The minimum atomic E-state index is -0.621. The Kier molecular flexibility index (Phi) is 5.49. The van der Waals surface area contributed by atoms with E-state index in [4.69, 9.17) is 0 Å². The van der Waals surface area contributed by atoms with Gasteiger partial charge < -0.3 is 9.67 Å². The van der Waals surface area contributed by atoms with E-state index in [1.807, 2.05) is 41.0 Å². The van der Waals surface area contributed by atoms with Gasteiger partial charge in [0.15, 0.2) is 5.69 Å². The number of aromatic nitrogens is 2. The van der Waals surface area contributed by atoms with Crippen LogP contribution < -0.4 is 5.56 Å². The Morgan fingerprint density at radius 1 is 1.00 bits per heavy atom. The number of nitrogens with zero attached hydrogens (tertiary/aromatic N) is 5. The number of carbonyl (C=O) groups excluding carboxylic acids is 1. The van der Waals surface area contributed by atoms with Crippen molar-refractivity contribution in [3.8, 4) is 5.88 Å². The summed E-state index contributed by atoms with van der Waals surface area (Å²) in [5.74, 6) is -0.527. The fourth-order valence-corrected chi connectivity index (χ4v) is 5.57. The number of halogens is 1. The van der Waals surface area contributed by atoms with Crippen LogP contribution in [0.15, 0.2) is 81.8 Å². The van der Waals surface area contributed by atoms with E-state index in [0.29, 0.717) is 24.5 Å². The Balaban J connectivity index is 1.29. The van der Waals surface area contributed by atoms with Gasteiger partial charge in [-0.3, -0.25) is 19.1 Å². The van der Waals surface area contributed by atoms with Crippen LogP contribution in [0.4, 0.5) is 10.1 Å². The second-order valence-corrected chi connectivity index (χ2v) is 9.50. The molecule has 2 atom stereocenters. The molecule has 0 spiro atoms. The molecule has 9 heteroatoms. The molecule has 2 aromatic carbocycles. The molecule has 0 unspecified atom stereocenters. The molecule has 0 aliphatic carbocycles. The van der Waals surface area contributed by atoms with E-state index in [0.717, 1.165) is 30.7 Å². The highest BCUT2D eigenvalue weighted by atomic mass is 19.1. The second-order valence-electron chi connectivity index (χ2n) is 9.50. The number of rotatable bonds is 4. The zero-order valence-corrected chi connectivity index (χ0v) is 19.4. The van der Waals surface area contributed by atoms with E-state index < -0.39 is 11.7 Å². The van der Waals surface area contributed by atoms with Gasteiger partial charge in [0, 0.05) is 48.3 Å². The van der Waals surface area contributed by atoms with Gasteiger partial charge in [0.05, 0.1) is 12.2 Å². The normalized spacial score (nSPS) is 19.6. The lowest BCUT2D eigenvalue weighted by Crippen LogP contribution is -2.47. The highest BCUT2D eigenvalue weighted by Crippen LogP contribution is 2.40. The number of hydrogen-bond donors (Lipinski definition) is 1. The Hall–Kier alpha value is -4.11. The maximum Gasteiger partial charge on any atom is 0.295 e. The van der Waals surface area contributed by atoms with Crippen molar-refractivity contribution in [1.29, 1.82) is 0 Å². The Bertz CT molecular complexity index is 1560. The van der Waals surface area contributed by atoms with Crippen LogP contribution in [0.3, 0.4) is 0 Å². The maximum atomic E-state index is 13.2. The summed E-state index contributed by atoms with van der Waals surface area (Å²) >= 11 is 0. The number of pyridine rings is 1. The molecule has 1 saturated heterocycles. The Morgan fingerprint density at radius 3 is 2.64 bits per heavy atom. The number of likely N-dealkylation sites (tertiary alicyclic amines) is 1. The predicted molar refractivity (Wildman–Crippen MR) is 132 cm³/mol. The average Bonchev–Trinajstić information content (AvgIpc) is 3.14. The molecular formula is C27H24FN5O3. The highest BCUT2D eigenvalue weighted by molar-refractivity contribution is 5.97. The Morgan fingerprint density at radius 2 is 1.81 bits per heavy atom. The number of aromatic hydroxyl groups is 1. The molecule has 0 saturated carbocycles. The third-order valence-electron chi connectivity index (χ3n) is 7.15. The first-order valence-corrected chi connectivity index (χ1v) is 11.9. The molecule has 2 aliphatic heterocycles. The van der Waals surface area contributed by atoms with Gasteiger partial charge in [0.1, 0.15) is 5.82 Å². The summed E-state index contributed by atoms with van der Waals surface area (Å²) in [4.78, 5) is 27.0. The number of azo groups is 1. The van der Waals surface area contributed by atoms with Crippen LogP contribution in [-0.2, 0) is 13.2 Å². The van der Waals surface area contributed by atoms with Crippen LogP contribution in [0.5, 0.6) is 5.88 Å². The smallest absolute Gasteiger partial charge is 0.295 e. The third-order valence-corrected chi connectivity index (χ3v) is 7.15. The SMILES string of the molecule is O=C(N=Nc1c(O)n(CN2C[C@H]3C[C@@H](C2)c2cccc(=O)n2C3)c2ccccc12)c1ccc(F)cc1. The zero-order chi connectivity index (χ0) is 24.8. The maximum absolute atomic E-state index is 13.2. The van der Waals surface area contributed by atoms with E-state index in [-0.39, 0.29) is 28.6 Å². The van der Waals surface area contributed by atoms with Crippen molar-refractivity contribution in [2.24, 2.45) is 16.1 Å². The molecule has 182 valence electrons. The summed E-state index contributed by atoms with van der Waals surface area (Å²) in [5.41, 5.74) is 2.33. The molecule has 2 bridgehead atoms. The van der Waals surface area contributed by atoms with Crippen molar-refractivity contribution in [1.82, 2.24) is 14.0 Å². The summed E-state index contributed by atoms with van der Waals surface area (Å²) in [6, 6.07) is 18.0. The van der Waals surface area contributed by atoms with Crippen molar-refractivity contribution in [2.75, 3.05) is 13.1 Å². The summed E-state index contributed by atoms with van der Waals surface area (Å²) in [7, 11) is 0. The highest BCUT2D eigenvalue weighted by Gasteiger charge is 2.35. The topological polar surface area (TPSA) is 92.2 Å². The summed E-state index contributed by atoms with van der Waals surface area (Å²) in [6.45, 7) is 2.72. The van der Waals surface area contributed by atoms with Crippen LogP contribution in [0.2, 0.25) is 0 Å². The number of para-hydroxylation sites is 1. The molecule has 2 aliphatic rings. The monoisotopic (exact) mass is 485 g/mol. The predicted octanol–water partition coefficient (Wildman–Crippen LogP) is 4.65. The molecule has 1 N–H and O–H groups in total. The van der Waals surface area contributed by atoms with Gasteiger partial charge in [0.2, 0.25) is 5.88 Å². The van der Waals surface area contributed by atoms with Crippen LogP contribution in [-0.4, -0.2) is 38.1 Å². The van der Waals surface area contributed by atoms with Crippen molar-refractivity contribution < 1.29 is 14.3 Å². The zero-order valence-electron chi connectivity index (χ0n) is 19.4. The number of amides is 1. The molecule has 1 fully saturated rings. The minimum absolute atomic E-state index is 0.0508. The molecule has 4 heterocycles. The number of benzene rings is 2. The molecule has 8 nitrogen and oxygen atoms in total. The van der Waals surface area contributed by atoms with Gasteiger partial charge >= 0.3 is 0 Å². The summed E-state index contributed by atoms with van der Waals surface area (Å²) < 4.78 is 16.9. The molecule has 4 aromatic rings. The quantitative estimate of drug-likeness (QED) is 0.426. The lowest BCUT2D eigenvalue weighted by molar-refractivity contribution is 0.0922. The lowest BCUT2D eigenvalue weighted by atomic mass is 9.83. The third kappa shape index (κ3) is 3.91.